The maximum absolute atomic E-state index is 13.6. The van der Waals surface area contributed by atoms with Gasteiger partial charge in [0.05, 0.1) is 49.8 Å². The van der Waals surface area contributed by atoms with Crippen molar-refractivity contribution in [2.24, 2.45) is 0 Å². The Balaban J connectivity index is 0.00000380. The quantitative estimate of drug-likeness (QED) is 0.289. The molecular formula is C21H22ClN5O8S2. The second-order valence-electron chi connectivity index (χ2n) is 8.06. The van der Waals surface area contributed by atoms with Crippen molar-refractivity contribution in [3.05, 3.63) is 62.2 Å². The van der Waals surface area contributed by atoms with Crippen LogP contribution in [0.3, 0.4) is 0 Å². The fourth-order valence-corrected chi connectivity index (χ4v) is 5.43. The van der Waals surface area contributed by atoms with E-state index >= 15 is 0 Å². The molecule has 0 aliphatic carbocycles. The van der Waals surface area contributed by atoms with Crippen LogP contribution in [0.2, 0.25) is 0 Å². The Kier molecular flexibility index (Phi) is 8.76. The normalized spacial score (nSPS) is 14.2. The molecule has 1 saturated heterocycles. The van der Waals surface area contributed by atoms with Crippen molar-refractivity contribution < 1.29 is 27.8 Å². The molecule has 198 valence electrons. The number of ether oxygens (including phenoxy) is 1. The number of fused-ring (bicyclic) bond motifs is 1. The Morgan fingerprint density at radius 3 is 2.30 bits per heavy atom. The second kappa shape index (κ2) is 11.4. The lowest BCUT2D eigenvalue weighted by molar-refractivity contribution is -0.394. The molecular weight excluding hydrogens is 550 g/mol. The molecule has 1 fully saturated rings. The highest BCUT2D eigenvalue weighted by Crippen LogP contribution is 2.32. The number of halogens is 1. The minimum Gasteiger partial charge on any atom is -0.379 e. The predicted molar refractivity (Wildman–Crippen MR) is 139 cm³/mol. The van der Waals surface area contributed by atoms with Crippen molar-refractivity contribution in [1.82, 2.24) is 9.88 Å². The number of sulfone groups is 1. The Hall–Kier alpha value is -3.24. The molecule has 0 N–H and O–H groups in total. The number of benzene rings is 2. The number of nitro groups is 2. The van der Waals surface area contributed by atoms with E-state index in [-0.39, 0.29) is 34.5 Å². The number of rotatable bonds is 8. The van der Waals surface area contributed by atoms with Gasteiger partial charge in [-0.3, -0.25) is 34.8 Å². The number of carbonyl (C=O) groups is 1. The largest absolute Gasteiger partial charge is 0.379 e. The number of nitrogens with zero attached hydrogens (tertiary/aromatic N) is 5. The van der Waals surface area contributed by atoms with E-state index in [0.717, 1.165) is 35.8 Å². The van der Waals surface area contributed by atoms with Gasteiger partial charge in [0.15, 0.2) is 15.0 Å². The monoisotopic (exact) mass is 571 g/mol. The Morgan fingerprint density at radius 1 is 1.11 bits per heavy atom. The van der Waals surface area contributed by atoms with Crippen molar-refractivity contribution in [1.29, 1.82) is 0 Å². The Labute approximate surface area is 221 Å². The first kappa shape index (κ1) is 28.3. The van der Waals surface area contributed by atoms with Crippen LogP contribution in [-0.4, -0.2) is 79.7 Å². The molecule has 1 aliphatic rings. The summed E-state index contributed by atoms with van der Waals surface area (Å²) in [6.07, 6.45) is 1.09. The van der Waals surface area contributed by atoms with Gasteiger partial charge < -0.3 is 4.74 Å². The van der Waals surface area contributed by atoms with Gasteiger partial charge in [-0.05, 0) is 18.2 Å². The second-order valence-corrected chi connectivity index (χ2v) is 11.1. The molecule has 2 heterocycles. The summed E-state index contributed by atoms with van der Waals surface area (Å²) in [4.78, 5) is 42.6. The molecule has 3 aromatic rings. The summed E-state index contributed by atoms with van der Waals surface area (Å²) in [7, 11) is -3.46. The minimum atomic E-state index is -3.46. The fraction of sp³-hybridized carbons (Fsp3) is 0.333. The van der Waals surface area contributed by atoms with Crippen molar-refractivity contribution in [3.63, 3.8) is 0 Å². The zero-order chi connectivity index (χ0) is 26.0. The van der Waals surface area contributed by atoms with Crippen LogP contribution in [0, 0.1) is 20.2 Å². The number of hydrogen-bond donors (Lipinski definition) is 0. The van der Waals surface area contributed by atoms with Crippen LogP contribution in [0.1, 0.15) is 10.4 Å². The summed E-state index contributed by atoms with van der Waals surface area (Å²) in [6, 6.07) is 7.20. The summed E-state index contributed by atoms with van der Waals surface area (Å²) in [5.74, 6) is -0.697. The van der Waals surface area contributed by atoms with Crippen molar-refractivity contribution in [2.75, 3.05) is 50.5 Å². The molecule has 13 nitrogen and oxygen atoms in total. The Bertz CT molecular complexity index is 1420. The highest BCUT2D eigenvalue weighted by Gasteiger charge is 2.27. The average molecular weight is 572 g/mol. The van der Waals surface area contributed by atoms with Crippen molar-refractivity contribution in [2.45, 2.75) is 4.90 Å². The molecule has 0 saturated carbocycles. The lowest BCUT2D eigenvalue weighted by Gasteiger charge is -2.29. The van der Waals surface area contributed by atoms with Gasteiger partial charge in [-0.1, -0.05) is 11.3 Å². The first-order chi connectivity index (χ1) is 17.0. The number of anilines is 1. The number of thiazole rings is 1. The third kappa shape index (κ3) is 6.56. The maximum atomic E-state index is 13.6. The zero-order valence-corrected chi connectivity index (χ0v) is 21.9. The number of aromatic nitrogens is 1. The van der Waals surface area contributed by atoms with Crippen LogP contribution in [0.4, 0.5) is 16.5 Å². The van der Waals surface area contributed by atoms with E-state index in [9.17, 15) is 33.4 Å². The predicted octanol–water partition coefficient (Wildman–Crippen LogP) is 2.92. The van der Waals surface area contributed by atoms with E-state index in [1.807, 2.05) is 0 Å². The number of non-ortho nitro benzene ring substituents is 2. The lowest BCUT2D eigenvalue weighted by atomic mass is 10.1. The molecule has 0 atom stereocenters. The van der Waals surface area contributed by atoms with Crippen LogP contribution in [-0.2, 0) is 14.6 Å². The van der Waals surface area contributed by atoms with Crippen molar-refractivity contribution >= 4 is 66.2 Å². The number of nitro benzene ring substituents is 2. The molecule has 16 heteroatoms. The molecule has 4 rings (SSSR count). The summed E-state index contributed by atoms with van der Waals surface area (Å²) >= 11 is 1.08. The molecule has 0 unspecified atom stereocenters. The fourth-order valence-electron chi connectivity index (χ4n) is 3.67. The topological polar surface area (TPSA) is 166 Å². The van der Waals surface area contributed by atoms with Crippen molar-refractivity contribution in [3.8, 4) is 0 Å². The first-order valence-corrected chi connectivity index (χ1v) is 13.4. The van der Waals surface area contributed by atoms with Gasteiger partial charge in [-0.15, -0.1) is 12.4 Å². The van der Waals surface area contributed by atoms with E-state index in [0.29, 0.717) is 43.1 Å². The highest BCUT2D eigenvalue weighted by atomic mass is 35.5. The molecule has 0 spiro atoms. The smallest absolute Gasteiger partial charge is 0.277 e. The van der Waals surface area contributed by atoms with Crippen LogP contribution < -0.4 is 4.90 Å². The van der Waals surface area contributed by atoms with Crippen LogP contribution in [0.15, 0.2) is 41.3 Å². The average Bonchev–Trinajstić information content (AvgIpc) is 3.27. The van der Waals surface area contributed by atoms with Crippen LogP contribution in [0.25, 0.3) is 10.2 Å². The molecule has 0 radical (unpaired) electrons. The van der Waals surface area contributed by atoms with E-state index in [2.05, 4.69) is 9.88 Å². The van der Waals surface area contributed by atoms with Gasteiger partial charge in [0.2, 0.25) is 0 Å². The van der Waals surface area contributed by atoms with E-state index in [1.165, 1.54) is 23.1 Å². The maximum Gasteiger partial charge on any atom is 0.277 e. The molecule has 1 aromatic heterocycles. The standard InChI is InChI=1S/C21H21N5O8S2.ClH/c1-36(32,33)17-2-3-18-19(13-17)35-21(22-18)24(5-4-23-6-8-34-9-7-23)20(27)14-10-15(25(28)29)12-16(11-14)26(30)31;/h2-3,10-13H,4-9H2,1H3;1H. The van der Waals surface area contributed by atoms with E-state index < -0.39 is 37.0 Å². The van der Waals surface area contributed by atoms with Gasteiger partial charge in [-0.2, -0.15) is 0 Å². The zero-order valence-electron chi connectivity index (χ0n) is 19.4. The number of hydrogen-bond acceptors (Lipinski definition) is 11. The molecule has 37 heavy (non-hydrogen) atoms. The highest BCUT2D eigenvalue weighted by molar-refractivity contribution is 7.90. The van der Waals surface area contributed by atoms with Gasteiger partial charge in [0.1, 0.15) is 0 Å². The van der Waals surface area contributed by atoms with Gasteiger partial charge in [-0.25, -0.2) is 13.4 Å². The van der Waals surface area contributed by atoms with E-state index in [4.69, 9.17) is 4.74 Å². The number of morpholine rings is 1. The van der Waals surface area contributed by atoms with E-state index in [1.54, 1.807) is 0 Å². The third-order valence-corrected chi connectivity index (χ3v) is 7.72. The lowest BCUT2D eigenvalue weighted by Crippen LogP contribution is -2.43. The van der Waals surface area contributed by atoms with Gasteiger partial charge in [0.25, 0.3) is 17.3 Å². The Morgan fingerprint density at radius 2 is 1.73 bits per heavy atom. The van der Waals surface area contributed by atoms with Gasteiger partial charge in [0, 0.05) is 44.6 Å². The first-order valence-electron chi connectivity index (χ1n) is 10.7. The summed E-state index contributed by atoms with van der Waals surface area (Å²) in [5.41, 5.74) is -0.920. The summed E-state index contributed by atoms with van der Waals surface area (Å²) in [5, 5.41) is 22.9. The SMILES string of the molecule is CS(=O)(=O)c1ccc2nc(N(CCN3CCOCC3)C(=O)c3cc([N+](=O)[O-])cc([N+](=O)[O-])c3)sc2c1.Cl. The third-order valence-electron chi connectivity index (χ3n) is 5.57. The molecule has 2 aromatic carbocycles. The molecule has 1 aliphatic heterocycles. The number of carbonyl (C=O) groups excluding carboxylic acids is 1. The molecule has 1 amide bonds. The summed E-state index contributed by atoms with van der Waals surface area (Å²) in [6.45, 7) is 2.98. The van der Waals surface area contributed by atoms with Gasteiger partial charge >= 0.3 is 0 Å². The number of amides is 1. The summed E-state index contributed by atoms with van der Waals surface area (Å²) < 4.78 is 29.8. The van der Waals surface area contributed by atoms with Crippen LogP contribution >= 0.6 is 23.7 Å². The van der Waals surface area contributed by atoms with Crippen LogP contribution in [0.5, 0.6) is 0 Å². The molecule has 0 bridgehead atoms. The minimum absolute atomic E-state index is 0.